The second-order valence-electron chi connectivity index (χ2n) is 5.64. The maximum atomic E-state index is 14.4. The fraction of sp³-hybridized carbons (Fsp3) is 0.647. The molecule has 0 unspecified atom stereocenters. The number of rotatable bonds is 6. The summed E-state index contributed by atoms with van der Waals surface area (Å²) in [5, 5.41) is 3.24. The highest BCUT2D eigenvalue weighted by molar-refractivity contribution is 5.50. The molecule has 0 radical (unpaired) electrons. The number of nitrogens with one attached hydrogen (secondary N) is 1. The molecule has 1 N–H and O–H groups in total. The van der Waals surface area contributed by atoms with Crippen molar-refractivity contribution < 1.29 is 4.39 Å². The molecule has 0 aliphatic heterocycles. The number of hydrogen-bond acceptors (Lipinski definition) is 2. The van der Waals surface area contributed by atoms with E-state index in [2.05, 4.69) is 24.1 Å². The van der Waals surface area contributed by atoms with Crippen molar-refractivity contribution >= 4 is 5.69 Å². The van der Waals surface area contributed by atoms with Gasteiger partial charge in [-0.3, -0.25) is 0 Å². The summed E-state index contributed by atoms with van der Waals surface area (Å²) in [6.45, 7) is 6.72. The van der Waals surface area contributed by atoms with Crippen LogP contribution in [0.25, 0.3) is 0 Å². The zero-order valence-electron chi connectivity index (χ0n) is 12.8. The van der Waals surface area contributed by atoms with Crippen LogP contribution in [0, 0.1) is 5.82 Å². The van der Waals surface area contributed by atoms with E-state index >= 15 is 0 Å². The van der Waals surface area contributed by atoms with E-state index in [4.69, 9.17) is 0 Å². The molecular formula is C17H27FN2. The van der Waals surface area contributed by atoms with Crippen LogP contribution < -0.4 is 10.2 Å². The maximum Gasteiger partial charge on any atom is 0.146 e. The molecule has 0 saturated heterocycles. The average molecular weight is 278 g/mol. The van der Waals surface area contributed by atoms with Gasteiger partial charge in [0.15, 0.2) is 0 Å². The fourth-order valence-corrected chi connectivity index (χ4v) is 3.18. The van der Waals surface area contributed by atoms with Gasteiger partial charge in [-0.15, -0.1) is 0 Å². The van der Waals surface area contributed by atoms with E-state index in [9.17, 15) is 4.39 Å². The Morgan fingerprint density at radius 1 is 1.20 bits per heavy atom. The van der Waals surface area contributed by atoms with Crippen LogP contribution >= 0.6 is 0 Å². The predicted octanol–water partition coefficient (Wildman–Crippen LogP) is 4.09. The average Bonchev–Trinajstić information content (AvgIpc) is 2.49. The van der Waals surface area contributed by atoms with Crippen LogP contribution in [0.15, 0.2) is 18.2 Å². The van der Waals surface area contributed by atoms with Crippen LogP contribution in [-0.4, -0.2) is 19.1 Å². The second-order valence-corrected chi connectivity index (χ2v) is 5.64. The molecule has 0 heterocycles. The smallest absolute Gasteiger partial charge is 0.146 e. The van der Waals surface area contributed by atoms with Gasteiger partial charge in [0.1, 0.15) is 5.82 Å². The van der Waals surface area contributed by atoms with E-state index < -0.39 is 0 Å². The molecule has 20 heavy (non-hydrogen) atoms. The van der Waals surface area contributed by atoms with Crippen molar-refractivity contribution in [2.45, 2.75) is 58.5 Å². The van der Waals surface area contributed by atoms with Crippen LogP contribution in [0.4, 0.5) is 10.1 Å². The molecule has 1 aromatic rings. The van der Waals surface area contributed by atoms with E-state index in [0.29, 0.717) is 6.04 Å². The van der Waals surface area contributed by atoms with Gasteiger partial charge in [-0.2, -0.15) is 0 Å². The third-order valence-corrected chi connectivity index (χ3v) is 4.26. The zero-order chi connectivity index (χ0) is 14.4. The molecule has 0 aromatic heterocycles. The van der Waals surface area contributed by atoms with Gasteiger partial charge in [-0.05, 0) is 44.0 Å². The van der Waals surface area contributed by atoms with Gasteiger partial charge in [0.05, 0.1) is 5.69 Å². The Morgan fingerprint density at radius 3 is 2.55 bits per heavy atom. The summed E-state index contributed by atoms with van der Waals surface area (Å²) < 4.78 is 14.4. The molecule has 1 aliphatic carbocycles. The monoisotopic (exact) mass is 278 g/mol. The SMILES string of the molecule is CCNCc1ccc(N(CC)C2CCCCC2)c(F)c1. The van der Waals surface area contributed by atoms with Crippen LogP contribution in [0.1, 0.15) is 51.5 Å². The summed E-state index contributed by atoms with van der Waals surface area (Å²) in [7, 11) is 0. The maximum absolute atomic E-state index is 14.4. The first kappa shape index (κ1) is 15.3. The largest absolute Gasteiger partial charge is 0.366 e. The Balaban J connectivity index is 2.12. The Labute approximate surface area is 122 Å². The lowest BCUT2D eigenvalue weighted by Gasteiger charge is -2.35. The first-order chi connectivity index (χ1) is 9.76. The Kier molecular flexibility index (Phi) is 5.84. The molecule has 2 nitrogen and oxygen atoms in total. The van der Waals surface area contributed by atoms with E-state index in [1.807, 2.05) is 12.1 Å². The molecule has 1 aliphatic rings. The topological polar surface area (TPSA) is 15.3 Å². The lowest BCUT2D eigenvalue weighted by atomic mass is 9.93. The molecular weight excluding hydrogens is 251 g/mol. The molecule has 1 fully saturated rings. The number of nitrogens with zero attached hydrogens (tertiary/aromatic N) is 1. The van der Waals surface area contributed by atoms with E-state index in [-0.39, 0.29) is 5.82 Å². The number of halogens is 1. The van der Waals surface area contributed by atoms with Gasteiger partial charge in [0.25, 0.3) is 0 Å². The van der Waals surface area contributed by atoms with Crippen molar-refractivity contribution in [1.29, 1.82) is 0 Å². The summed E-state index contributed by atoms with van der Waals surface area (Å²) in [4.78, 5) is 2.26. The number of benzene rings is 1. The summed E-state index contributed by atoms with van der Waals surface area (Å²) >= 11 is 0. The van der Waals surface area contributed by atoms with Crippen molar-refractivity contribution in [2.75, 3.05) is 18.0 Å². The predicted molar refractivity (Wildman–Crippen MR) is 83.7 cm³/mol. The normalized spacial score (nSPS) is 16.4. The van der Waals surface area contributed by atoms with Gasteiger partial charge in [0.2, 0.25) is 0 Å². The third-order valence-electron chi connectivity index (χ3n) is 4.26. The van der Waals surface area contributed by atoms with E-state index in [1.165, 1.54) is 32.1 Å². The van der Waals surface area contributed by atoms with Crippen LogP contribution in [-0.2, 0) is 6.54 Å². The molecule has 1 aromatic carbocycles. The van der Waals surface area contributed by atoms with E-state index in [0.717, 1.165) is 30.9 Å². The highest BCUT2D eigenvalue weighted by Crippen LogP contribution is 2.29. The van der Waals surface area contributed by atoms with Gasteiger partial charge in [0, 0.05) is 19.1 Å². The van der Waals surface area contributed by atoms with Crippen molar-refractivity contribution in [1.82, 2.24) is 5.32 Å². The first-order valence-electron chi connectivity index (χ1n) is 8.02. The Hall–Kier alpha value is -1.09. The summed E-state index contributed by atoms with van der Waals surface area (Å²) in [6, 6.07) is 6.21. The number of hydrogen-bond donors (Lipinski definition) is 1. The van der Waals surface area contributed by atoms with Crippen LogP contribution in [0.5, 0.6) is 0 Å². The lowest BCUT2D eigenvalue weighted by molar-refractivity contribution is 0.414. The standard InChI is InChI=1S/C17H27FN2/c1-3-19-13-14-10-11-17(16(18)12-14)20(4-2)15-8-6-5-7-9-15/h10-12,15,19H,3-9,13H2,1-2H3. The van der Waals surface area contributed by atoms with E-state index in [1.54, 1.807) is 6.07 Å². The van der Waals surface area contributed by atoms with Crippen LogP contribution in [0.3, 0.4) is 0 Å². The van der Waals surface area contributed by atoms with Crippen molar-refractivity contribution in [3.63, 3.8) is 0 Å². The minimum absolute atomic E-state index is 0.0761. The minimum atomic E-state index is -0.0761. The van der Waals surface area contributed by atoms with Gasteiger partial charge in [-0.1, -0.05) is 32.3 Å². The molecule has 112 valence electrons. The second kappa shape index (κ2) is 7.63. The van der Waals surface area contributed by atoms with Crippen LogP contribution in [0.2, 0.25) is 0 Å². The minimum Gasteiger partial charge on any atom is -0.366 e. The molecule has 0 amide bonds. The van der Waals surface area contributed by atoms with Gasteiger partial charge in [-0.25, -0.2) is 4.39 Å². The lowest BCUT2D eigenvalue weighted by Crippen LogP contribution is -2.37. The quantitative estimate of drug-likeness (QED) is 0.843. The molecule has 0 bridgehead atoms. The molecule has 0 atom stereocenters. The zero-order valence-corrected chi connectivity index (χ0v) is 12.8. The first-order valence-corrected chi connectivity index (χ1v) is 8.02. The number of anilines is 1. The molecule has 0 spiro atoms. The summed E-state index contributed by atoms with van der Waals surface area (Å²) in [6.07, 6.45) is 6.29. The third kappa shape index (κ3) is 3.72. The van der Waals surface area contributed by atoms with Gasteiger partial charge < -0.3 is 10.2 Å². The highest BCUT2D eigenvalue weighted by atomic mass is 19.1. The van der Waals surface area contributed by atoms with Crippen molar-refractivity contribution in [3.8, 4) is 0 Å². The summed E-state index contributed by atoms with van der Waals surface area (Å²) in [5.74, 6) is -0.0761. The molecule has 3 heteroatoms. The van der Waals surface area contributed by atoms with Crippen molar-refractivity contribution in [3.05, 3.63) is 29.6 Å². The Bertz CT molecular complexity index is 413. The highest BCUT2D eigenvalue weighted by Gasteiger charge is 2.22. The summed E-state index contributed by atoms with van der Waals surface area (Å²) in [5.41, 5.74) is 1.80. The molecule has 2 rings (SSSR count). The van der Waals surface area contributed by atoms with Crippen molar-refractivity contribution in [2.24, 2.45) is 0 Å². The van der Waals surface area contributed by atoms with Gasteiger partial charge >= 0.3 is 0 Å². The Morgan fingerprint density at radius 2 is 1.95 bits per heavy atom. The fourth-order valence-electron chi connectivity index (χ4n) is 3.18. The molecule has 1 saturated carbocycles.